The Kier molecular flexibility index (Phi) is 4.86. The molecule has 0 aromatic heterocycles. The monoisotopic (exact) mass is 310 g/mol. The van der Waals surface area contributed by atoms with Gasteiger partial charge < -0.3 is 9.84 Å². The number of aliphatic hydroxyl groups excluding tert-OH is 1. The second-order valence-corrected chi connectivity index (χ2v) is 7.49. The van der Waals surface area contributed by atoms with Crippen molar-refractivity contribution in [2.45, 2.75) is 49.0 Å². The molecule has 1 fully saturated rings. The van der Waals surface area contributed by atoms with Gasteiger partial charge in [0.25, 0.3) is 0 Å². The maximum Gasteiger partial charge on any atom is 0.218 e. The molecule has 2 atom stereocenters. The highest BCUT2D eigenvalue weighted by Gasteiger charge is 2.64. The molecular weight excluding hydrogens is 288 g/mol. The first-order valence-corrected chi connectivity index (χ1v) is 8.74. The lowest BCUT2D eigenvalue weighted by Gasteiger charge is -2.11. The van der Waals surface area contributed by atoms with E-state index < -0.39 is 14.8 Å². The summed E-state index contributed by atoms with van der Waals surface area (Å²) in [6.45, 7) is 3.77. The summed E-state index contributed by atoms with van der Waals surface area (Å²) in [5.41, 5.74) is 1.01. The summed E-state index contributed by atoms with van der Waals surface area (Å²) in [6.07, 6.45) is 5.22. The van der Waals surface area contributed by atoms with E-state index >= 15 is 0 Å². The van der Waals surface area contributed by atoms with E-state index in [1.165, 1.54) is 12.2 Å². The van der Waals surface area contributed by atoms with E-state index in [0.29, 0.717) is 6.42 Å². The van der Waals surface area contributed by atoms with Gasteiger partial charge in [-0.05, 0) is 31.6 Å². The van der Waals surface area contributed by atoms with Crippen LogP contribution in [-0.4, -0.2) is 31.2 Å². The van der Waals surface area contributed by atoms with Gasteiger partial charge >= 0.3 is 0 Å². The predicted octanol–water partition coefficient (Wildman–Crippen LogP) is 2.60. The van der Waals surface area contributed by atoms with E-state index in [1.807, 2.05) is 6.92 Å². The molecule has 1 heterocycles. The van der Waals surface area contributed by atoms with E-state index in [4.69, 9.17) is 9.84 Å². The third-order valence-corrected chi connectivity index (χ3v) is 5.97. The Morgan fingerprint density at radius 1 is 1.33 bits per heavy atom. The first-order valence-electron chi connectivity index (χ1n) is 7.25. The molecule has 0 unspecified atom stereocenters. The van der Waals surface area contributed by atoms with Crippen molar-refractivity contribution in [2.75, 3.05) is 6.61 Å². The molecule has 1 aromatic carbocycles. The SMILES string of the molecule is CCCC[C@H]1O[C@]1(/C=C/CO)S(=O)(=O)c1ccc(C)cc1. The van der Waals surface area contributed by atoms with Crippen molar-refractivity contribution in [3.63, 3.8) is 0 Å². The van der Waals surface area contributed by atoms with Crippen LogP contribution in [-0.2, 0) is 14.6 Å². The van der Waals surface area contributed by atoms with Crippen LogP contribution in [0, 0.1) is 6.92 Å². The Hall–Kier alpha value is -1.17. The van der Waals surface area contributed by atoms with Gasteiger partial charge in [-0.25, -0.2) is 8.42 Å². The Morgan fingerprint density at radius 3 is 2.57 bits per heavy atom. The zero-order valence-electron chi connectivity index (χ0n) is 12.5. The van der Waals surface area contributed by atoms with Gasteiger partial charge in [-0.2, -0.15) is 0 Å². The zero-order chi connectivity index (χ0) is 15.5. The second-order valence-electron chi connectivity index (χ2n) is 5.37. The molecule has 0 saturated carbocycles. The lowest BCUT2D eigenvalue weighted by Crippen LogP contribution is -2.26. The summed E-state index contributed by atoms with van der Waals surface area (Å²) in [4.78, 5) is -1.05. The molecule has 0 bridgehead atoms. The molecule has 1 aliphatic rings. The molecule has 2 rings (SSSR count). The predicted molar refractivity (Wildman–Crippen MR) is 81.7 cm³/mol. The van der Waals surface area contributed by atoms with E-state index in [1.54, 1.807) is 24.3 Å². The number of hydrogen-bond donors (Lipinski definition) is 1. The summed E-state index contributed by atoms with van der Waals surface area (Å²) >= 11 is 0. The number of ether oxygens (including phenoxy) is 1. The highest BCUT2D eigenvalue weighted by Crippen LogP contribution is 2.48. The van der Waals surface area contributed by atoms with Crippen LogP contribution in [0.3, 0.4) is 0 Å². The number of epoxide rings is 1. The smallest absolute Gasteiger partial charge is 0.218 e. The van der Waals surface area contributed by atoms with Crippen molar-refractivity contribution in [3.05, 3.63) is 42.0 Å². The molecule has 116 valence electrons. The molecule has 0 radical (unpaired) electrons. The highest BCUT2D eigenvalue weighted by atomic mass is 32.2. The van der Waals surface area contributed by atoms with Crippen LogP contribution in [0.5, 0.6) is 0 Å². The molecule has 5 heteroatoms. The van der Waals surface area contributed by atoms with Crippen molar-refractivity contribution in [2.24, 2.45) is 0 Å². The van der Waals surface area contributed by atoms with Crippen molar-refractivity contribution >= 4 is 9.84 Å². The number of hydrogen-bond acceptors (Lipinski definition) is 4. The molecule has 1 N–H and O–H groups in total. The maximum absolute atomic E-state index is 12.8. The van der Waals surface area contributed by atoms with Crippen LogP contribution < -0.4 is 0 Å². The second kappa shape index (κ2) is 6.30. The number of aryl methyl sites for hydroxylation is 1. The van der Waals surface area contributed by atoms with Crippen LogP contribution in [0.15, 0.2) is 41.3 Å². The van der Waals surface area contributed by atoms with Gasteiger partial charge in [-0.3, -0.25) is 0 Å². The lowest BCUT2D eigenvalue weighted by atomic mass is 10.1. The normalized spacial score (nSPS) is 25.4. The van der Waals surface area contributed by atoms with Crippen molar-refractivity contribution in [1.82, 2.24) is 0 Å². The van der Waals surface area contributed by atoms with E-state index in [9.17, 15) is 8.42 Å². The van der Waals surface area contributed by atoms with Gasteiger partial charge in [0.1, 0.15) is 6.10 Å². The Bertz CT molecular complexity index is 604. The molecule has 1 aliphatic heterocycles. The molecular formula is C16H22O4S. The zero-order valence-corrected chi connectivity index (χ0v) is 13.3. The number of aliphatic hydroxyl groups is 1. The van der Waals surface area contributed by atoms with Crippen LogP contribution in [0.25, 0.3) is 0 Å². The first kappa shape index (κ1) is 16.2. The van der Waals surface area contributed by atoms with Gasteiger partial charge in [0.05, 0.1) is 11.5 Å². The average molecular weight is 310 g/mol. The Labute approximate surface area is 126 Å². The quantitative estimate of drug-likeness (QED) is 0.621. The summed E-state index contributed by atoms with van der Waals surface area (Å²) < 4.78 is 31.3. The van der Waals surface area contributed by atoms with Crippen molar-refractivity contribution in [1.29, 1.82) is 0 Å². The molecule has 0 aliphatic carbocycles. The number of unbranched alkanes of at least 4 members (excludes halogenated alkanes) is 1. The minimum atomic E-state index is -3.62. The van der Waals surface area contributed by atoms with Crippen LogP contribution in [0.2, 0.25) is 0 Å². The van der Waals surface area contributed by atoms with E-state index in [2.05, 4.69) is 6.92 Å². The topological polar surface area (TPSA) is 66.9 Å². The van der Waals surface area contributed by atoms with E-state index in [-0.39, 0.29) is 17.6 Å². The minimum absolute atomic E-state index is 0.199. The summed E-state index contributed by atoms with van der Waals surface area (Å²) in [5, 5.41) is 8.96. The number of rotatable bonds is 7. The largest absolute Gasteiger partial charge is 0.392 e. The summed E-state index contributed by atoms with van der Waals surface area (Å²) in [6, 6.07) is 6.77. The van der Waals surface area contributed by atoms with Crippen molar-refractivity contribution in [3.8, 4) is 0 Å². The molecule has 0 amide bonds. The lowest BCUT2D eigenvalue weighted by molar-refractivity contribution is 0.338. The van der Waals surface area contributed by atoms with Crippen LogP contribution in [0.4, 0.5) is 0 Å². The summed E-state index contributed by atoms with van der Waals surface area (Å²) in [5.74, 6) is 0. The molecule has 0 spiro atoms. The fraction of sp³-hybridized carbons (Fsp3) is 0.500. The van der Waals surface area contributed by atoms with Crippen LogP contribution >= 0.6 is 0 Å². The van der Waals surface area contributed by atoms with Crippen LogP contribution in [0.1, 0.15) is 31.7 Å². The fourth-order valence-electron chi connectivity index (χ4n) is 2.43. The van der Waals surface area contributed by atoms with Gasteiger partial charge in [-0.15, -0.1) is 0 Å². The molecule has 1 saturated heterocycles. The average Bonchev–Trinajstić information content (AvgIpc) is 3.18. The van der Waals surface area contributed by atoms with E-state index in [0.717, 1.165) is 18.4 Å². The van der Waals surface area contributed by atoms with Gasteiger partial charge in [0, 0.05) is 0 Å². The van der Waals surface area contributed by atoms with Gasteiger partial charge in [0.15, 0.2) is 0 Å². The molecule has 1 aromatic rings. The third kappa shape index (κ3) is 3.05. The number of sulfone groups is 1. The Morgan fingerprint density at radius 2 is 2.00 bits per heavy atom. The van der Waals surface area contributed by atoms with Crippen molar-refractivity contribution < 1.29 is 18.3 Å². The number of benzene rings is 1. The first-order chi connectivity index (χ1) is 9.98. The third-order valence-electron chi connectivity index (χ3n) is 3.74. The highest BCUT2D eigenvalue weighted by molar-refractivity contribution is 7.93. The fourth-order valence-corrected chi connectivity index (χ4v) is 4.27. The molecule has 4 nitrogen and oxygen atoms in total. The standard InChI is InChI=1S/C16H22O4S/c1-3-4-6-15-16(20-15,11-5-12-17)21(18,19)14-9-7-13(2)8-10-14/h5,7-11,15,17H,3-4,6,12H2,1-2H3/b11-5+/t15-,16-/m1/s1. The maximum atomic E-state index is 12.8. The summed E-state index contributed by atoms with van der Waals surface area (Å²) in [7, 11) is -3.62. The minimum Gasteiger partial charge on any atom is -0.392 e. The van der Waals surface area contributed by atoms with Gasteiger partial charge in [0.2, 0.25) is 14.8 Å². The van der Waals surface area contributed by atoms with Gasteiger partial charge in [-0.1, -0.05) is 43.5 Å². The molecule has 21 heavy (non-hydrogen) atoms. The Balaban J connectivity index is 2.33.